The lowest BCUT2D eigenvalue weighted by atomic mass is 10.1. The first-order chi connectivity index (χ1) is 6.07. The van der Waals surface area contributed by atoms with Crippen LogP contribution >= 0.6 is 11.6 Å². The van der Waals surface area contributed by atoms with Crippen molar-refractivity contribution in [1.29, 1.82) is 0 Å². The maximum atomic E-state index is 6.10. The van der Waals surface area contributed by atoms with E-state index in [2.05, 4.69) is 26.1 Å². The van der Waals surface area contributed by atoms with E-state index >= 15 is 0 Å². The molecule has 0 aliphatic rings. The van der Waals surface area contributed by atoms with Gasteiger partial charge in [-0.3, -0.25) is 0 Å². The molecule has 0 amide bonds. The van der Waals surface area contributed by atoms with Gasteiger partial charge in [0.15, 0.2) is 0 Å². The Bertz CT molecular complexity index is 119. The number of alkyl halides is 1. The van der Waals surface area contributed by atoms with E-state index in [1.807, 2.05) is 0 Å². The van der Waals surface area contributed by atoms with Crippen molar-refractivity contribution in [2.45, 2.75) is 38.6 Å². The Hall–Kier alpha value is 0.210. The van der Waals surface area contributed by atoms with Gasteiger partial charge in [-0.25, -0.2) is 0 Å². The third-order valence-corrected chi connectivity index (χ3v) is 2.80. The van der Waals surface area contributed by atoms with Gasteiger partial charge in [0.05, 0.1) is 0 Å². The molecular formula is C10H22ClNO. The van der Waals surface area contributed by atoms with E-state index in [1.165, 1.54) is 0 Å². The molecule has 0 aliphatic heterocycles. The molecule has 0 saturated heterocycles. The Kier molecular flexibility index (Phi) is 7.72. The molecule has 0 aromatic rings. The highest BCUT2D eigenvalue weighted by Gasteiger charge is 2.10. The molecule has 0 heterocycles. The Balaban J connectivity index is 3.40. The van der Waals surface area contributed by atoms with Crippen molar-refractivity contribution in [1.82, 2.24) is 5.32 Å². The van der Waals surface area contributed by atoms with E-state index in [9.17, 15) is 0 Å². The van der Waals surface area contributed by atoms with Crippen LogP contribution in [0, 0.1) is 5.92 Å². The molecule has 0 aliphatic carbocycles. The maximum Gasteiger partial charge on any atom is 0.0483 e. The van der Waals surface area contributed by atoms with Crippen LogP contribution in [0.5, 0.6) is 0 Å². The average Bonchev–Trinajstić information content (AvgIpc) is 2.10. The fourth-order valence-corrected chi connectivity index (χ4v) is 1.04. The van der Waals surface area contributed by atoms with Gasteiger partial charge >= 0.3 is 0 Å². The molecule has 0 aromatic heterocycles. The molecule has 2 atom stereocenters. The van der Waals surface area contributed by atoms with Crippen molar-refractivity contribution in [3.63, 3.8) is 0 Å². The summed E-state index contributed by atoms with van der Waals surface area (Å²) in [5.41, 5.74) is 0. The summed E-state index contributed by atoms with van der Waals surface area (Å²) in [7, 11) is 1.73. The topological polar surface area (TPSA) is 21.3 Å². The van der Waals surface area contributed by atoms with E-state index in [0.29, 0.717) is 12.0 Å². The normalized spacial score (nSPS) is 16.2. The van der Waals surface area contributed by atoms with Crippen LogP contribution < -0.4 is 5.32 Å². The third-order valence-electron chi connectivity index (χ3n) is 2.14. The van der Waals surface area contributed by atoms with Crippen LogP contribution in [0.4, 0.5) is 0 Å². The summed E-state index contributed by atoms with van der Waals surface area (Å²) >= 11 is 6.10. The van der Waals surface area contributed by atoms with Gasteiger partial charge in [0.2, 0.25) is 0 Å². The molecule has 3 heteroatoms. The first-order valence-electron chi connectivity index (χ1n) is 4.94. The van der Waals surface area contributed by atoms with Crippen molar-refractivity contribution < 1.29 is 4.74 Å². The molecule has 2 nitrogen and oxygen atoms in total. The highest BCUT2D eigenvalue weighted by Crippen LogP contribution is 2.08. The van der Waals surface area contributed by atoms with Crippen LogP contribution in [0.25, 0.3) is 0 Å². The van der Waals surface area contributed by atoms with Crippen LogP contribution in [0.1, 0.15) is 27.2 Å². The Morgan fingerprint density at radius 2 is 1.92 bits per heavy atom. The number of methoxy groups -OCH3 is 1. The summed E-state index contributed by atoms with van der Waals surface area (Å²) in [4.78, 5) is 0. The summed E-state index contributed by atoms with van der Waals surface area (Å²) in [5, 5.41) is 3.61. The number of hydrogen-bond acceptors (Lipinski definition) is 2. The molecule has 13 heavy (non-hydrogen) atoms. The molecular weight excluding hydrogens is 186 g/mol. The average molecular weight is 208 g/mol. The fourth-order valence-electron chi connectivity index (χ4n) is 0.946. The van der Waals surface area contributed by atoms with E-state index in [-0.39, 0.29) is 5.38 Å². The van der Waals surface area contributed by atoms with Crippen molar-refractivity contribution in [2.24, 2.45) is 5.92 Å². The van der Waals surface area contributed by atoms with Crippen LogP contribution in [-0.2, 0) is 4.74 Å². The quantitative estimate of drug-likeness (QED) is 0.647. The van der Waals surface area contributed by atoms with Gasteiger partial charge in [-0.1, -0.05) is 13.8 Å². The lowest BCUT2D eigenvalue weighted by Crippen LogP contribution is -2.34. The summed E-state index contributed by atoms with van der Waals surface area (Å²) in [6, 6.07) is 0.486. The smallest absolute Gasteiger partial charge is 0.0483 e. The summed E-state index contributed by atoms with van der Waals surface area (Å²) < 4.78 is 4.99. The Morgan fingerprint density at radius 3 is 2.38 bits per heavy atom. The summed E-state index contributed by atoms with van der Waals surface area (Å²) in [6.45, 7) is 8.12. The van der Waals surface area contributed by atoms with Crippen LogP contribution in [0.15, 0.2) is 0 Å². The lowest BCUT2D eigenvalue weighted by molar-refractivity contribution is 0.184. The molecule has 0 bridgehead atoms. The minimum atomic E-state index is 0.227. The molecule has 0 rings (SSSR count). The van der Waals surface area contributed by atoms with E-state index in [1.54, 1.807) is 7.11 Å². The minimum absolute atomic E-state index is 0.227. The summed E-state index contributed by atoms with van der Waals surface area (Å²) in [5.74, 6) is 0.531. The molecule has 1 N–H and O–H groups in total. The second-order valence-electron chi connectivity index (χ2n) is 3.85. The second kappa shape index (κ2) is 7.60. The Morgan fingerprint density at radius 1 is 1.31 bits per heavy atom. The molecule has 0 saturated carbocycles. The highest BCUT2D eigenvalue weighted by molar-refractivity contribution is 6.20. The largest absolute Gasteiger partial charge is 0.385 e. The predicted molar refractivity (Wildman–Crippen MR) is 58.4 cm³/mol. The van der Waals surface area contributed by atoms with Crippen molar-refractivity contribution >= 4 is 11.6 Å². The number of halogens is 1. The Labute approximate surface area is 87.0 Å². The van der Waals surface area contributed by atoms with Crippen LogP contribution in [0.2, 0.25) is 0 Å². The molecule has 0 spiro atoms. The molecule has 0 radical (unpaired) electrons. The molecule has 0 fully saturated rings. The molecule has 80 valence electrons. The van der Waals surface area contributed by atoms with Gasteiger partial charge in [0.25, 0.3) is 0 Å². The van der Waals surface area contributed by atoms with Crippen LogP contribution in [0.3, 0.4) is 0 Å². The zero-order chi connectivity index (χ0) is 10.3. The monoisotopic (exact) mass is 207 g/mol. The van der Waals surface area contributed by atoms with E-state index in [4.69, 9.17) is 16.3 Å². The maximum absolute atomic E-state index is 6.10. The SMILES string of the molecule is COCCC(C)NCC(Cl)C(C)C. The number of hydrogen-bond donors (Lipinski definition) is 1. The number of ether oxygens (including phenoxy) is 1. The van der Waals surface area contributed by atoms with E-state index in [0.717, 1.165) is 19.6 Å². The molecule has 2 unspecified atom stereocenters. The molecule has 0 aromatic carbocycles. The minimum Gasteiger partial charge on any atom is -0.385 e. The predicted octanol–water partition coefficient (Wildman–Crippen LogP) is 2.26. The third kappa shape index (κ3) is 7.29. The van der Waals surface area contributed by atoms with Crippen molar-refractivity contribution in [3.8, 4) is 0 Å². The highest BCUT2D eigenvalue weighted by atomic mass is 35.5. The van der Waals surface area contributed by atoms with Gasteiger partial charge in [0.1, 0.15) is 0 Å². The first kappa shape index (κ1) is 13.2. The van der Waals surface area contributed by atoms with Gasteiger partial charge in [-0.2, -0.15) is 0 Å². The van der Waals surface area contributed by atoms with Gasteiger partial charge < -0.3 is 10.1 Å². The zero-order valence-corrected chi connectivity index (χ0v) is 9.90. The van der Waals surface area contributed by atoms with E-state index < -0.39 is 0 Å². The number of nitrogens with one attached hydrogen (secondary N) is 1. The second-order valence-corrected chi connectivity index (χ2v) is 4.41. The summed E-state index contributed by atoms with van der Waals surface area (Å²) in [6.07, 6.45) is 1.04. The van der Waals surface area contributed by atoms with Crippen molar-refractivity contribution in [3.05, 3.63) is 0 Å². The first-order valence-corrected chi connectivity index (χ1v) is 5.38. The lowest BCUT2D eigenvalue weighted by Gasteiger charge is -2.18. The fraction of sp³-hybridized carbons (Fsp3) is 1.00. The number of rotatable bonds is 7. The van der Waals surface area contributed by atoms with Gasteiger partial charge in [0, 0.05) is 31.7 Å². The van der Waals surface area contributed by atoms with Gasteiger partial charge in [-0.15, -0.1) is 11.6 Å². The van der Waals surface area contributed by atoms with Crippen molar-refractivity contribution in [2.75, 3.05) is 20.3 Å². The zero-order valence-electron chi connectivity index (χ0n) is 9.14. The van der Waals surface area contributed by atoms with Gasteiger partial charge in [-0.05, 0) is 19.3 Å². The standard InChI is InChI=1S/C10H22ClNO/c1-8(2)10(11)7-12-9(3)5-6-13-4/h8-10,12H,5-7H2,1-4H3. The van der Waals surface area contributed by atoms with Crippen LogP contribution in [-0.4, -0.2) is 31.7 Å².